The van der Waals surface area contributed by atoms with Crippen molar-refractivity contribution >= 4 is 39.1 Å². The van der Waals surface area contributed by atoms with E-state index in [1.54, 1.807) is 18.4 Å². The second-order valence-corrected chi connectivity index (χ2v) is 9.97. The molecule has 2 aromatic heterocycles. The van der Waals surface area contributed by atoms with E-state index in [0.29, 0.717) is 13.1 Å². The molecule has 3 aromatic rings. The third-order valence-electron chi connectivity index (χ3n) is 7.22. The maximum atomic E-state index is 13.2. The molecule has 0 radical (unpaired) electrons. The number of carbonyl (C=O) groups excluding carboxylic acids is 2. The Balaban J connectivity index is 1.14. The summed E-state index contributed by atoms with van der Waals surface area (Å²) in [7, 11) is 1.67. The van der Waals surface area contributed by atoms with Gasteiger partial charge in [0.2, 0.25) is 5.91 Å². The third-order valence-corrected chi connectivity index (χ3v) is 8.07. The van der Waals surface area contributed by atoms with E-state index in [2.05, 4.69) is 40.0 Å². The Bertz CT molecular complexity index is 1150. The van der Waals surface area contributed by atoms with Gasteiger partial charge in [0, 0.05) is 57.4 Å². The summed E-state index contributed by atoms with van der Waals surface area (Å²) in [5, 5.41) is 2.07. The van der Waals surface area contributed by atoms with Gasteiger partial charge in [-0.2, -0.15) is 0 Å². The zero-order valence-electron chi connectivity index (χ0n) is 19.9. The van der Waals surface area contributed by atoms with Crippen LogP contribution >= 0.6 is 11.3 Å². The minimum atomic E-state index is 0.0121. The Morgan fingerprint density at radius 3 is 2.32 bits per heavy atom. The van der Waals surface area contributed by atoms with E-state index in [9.17, 15) is 9.59 Å². The SMILES string of the molecule is CCn1c(C(=O)N2CCC(C(=O)N3CCN(c4ccc(OC)cc4)CC3)CC2)cc2sccc21. The molecule has 34 heavy (non-hydrogen) atoms. The van der Waals surface area contributed by atoms with Crippen LogP contribution < -0.4 is 9.64 Å². The molecule has 0 N–H and O–H groups in total. The smallest absolute Gasteiger partial charge is 0.270 e. The van der Waals surface area contributed by atoms with Gasteiger partial charge in [0.15, 0.2) is 0 Å². The summed E-state index contributed by atoms with van der Waals surface area (Å²) in [5.74, 6) is 1.20. The monoisotopic (exact) mass is 480 g/mol. The van der Waals surface area contributed by atoms with E-state index < -0.39 is 0 Å². The highest BCUT2D eigenvalue weighted by atomic mass is 32.1. The summed E-state index contributed by atoms with van der Waals surface area (Å²) in [5.41, 5.74) is 3.06. The van der Waals surface area contributed by atoms with E-state index in [-0.39, 0.29) is 17.7 Å². The number of piperazine rings is 1. The number of nitrogens with zero attached hydrogens (tertiary/aromatic N) is 4. The van der Waals surface area contributed by atoms with Crippen molar-refractivity contribution in [1.29, 1.82) is 0 Å². The largest absolute Gasteiger partial charge is 0.497 e. The number of carbonyl (C=O) groups is 2. The first-order chi connectivity index (χ1) is 16.6. The standard InChI is InChI=1S/C26H32N4O3S/c1-3-30-22-10-17-34-24(22)18-23(30)26(32)28-11-8-19(9-12-28)25(31)29-15-13-27(14-16-29)20-4-6-21(33-2)7-5-20/h4-7,10,17-19H,3,8-9,11-16H2,1-2H3. The van der Waals surface area contributed by atoms with Gasteiger partial charge in [-0.05, 0) is 61.5 Å². The van der Waals surface area contributed by atoms with Crippen molar-refractivity contribution in [2.75, 3.05) is 51.3 Å². The van der Waals surface area contributed by atoms with Crippen LogP contribution in [0.4, 0.5) is 5.69 Å². The molecule has 2 aliphatic heterocycles. The highest BCUT2D eigenvalue weighted by Gasteiger charge is 2.33. The van der Waals surface area contributed by atoms with Gasteiger partial charge in [-0.1, -0.05) is 0 Å². The number of methoxy groups -OCH3 is 1. The minimum Gasteiger partial charge on any atom is -0.497 e. The zero-order chi connectivity index (χ0) is 23.7. The fourth-order valence-electron chi connectivity index (χ4n) is 5.22. The average Bonchev–Trinajstić information content (AvgIpc) is 3.49. The number of likely N-dealkylation sites (tertiary alicyclic amines) is 1. The normalized spacial score (nSPS) is 17.4. The Morgan fingerprint density at radius 2 is 1.68 bits per heavy atom. The predicted molar refractivity (Wildman–Crippen MR) is 136 cm³/mol. The van der Waals surface area contributed by atoms with E-state index in [1.165, 1.54) is 0 Å². The van der Waals surface area contributed by atoms with Crippen molar-refractivity contribution in [2.45, 2.75) is 26.3 Å². The predicted octanol–water partition coefficient (Wildman–Crippen LogP) is 3.93. The van der Waals surface area contributed by atoms with E-state index in [4.69, 9.17) is 4.74 Å². The third kappa shape index (κ3) is 4.27. The molecule has 0 unspecified atom stereocenters. The molecule has 7 nitrogen and oxygen atoms in total. The first-order valence-corrected chi connectivity index (χ1v) is 13.0. The zero-order valence-corrected chi connectivity index (χ0v) is 20.7. The van der Waals surface area contributed by atoms with Crippen LogP contribution in [0.5, 0.6) is 5.75 Å². The van der Waals surface area contributed by atoms with E-state index in [1.807, 2.05) is 28.0 Å². The minimum absolute atomic E-state index is 0.0121. The molecule has 0 spiro atoms. The van der Waals surface area contributed by atoms with Crippen molar-refractivity contribution in [3.8, 4) is 5.75 Å². The van der Waals surface area contributed by atoms with Crippen LogP contribution in [0.25, 0.3) is 10.2 Å². The molecule has 4 heterocycles. The molecule has 1 aromatic carbocycles. The lowest BCUT2D eigenvalue weighted by Crippen LogP contribution is -2.52. The molecule has 0 atom stereocenters. The molecule has 0 bridgehead atoms. The number of benzene rings is 1. The number of anilines is 1. The van der Waals surface area contributed by atoms with Gasteiger partial charge in [0.1, 0.15) is 11.4 Å². The average molecular weight is 481 g/mol. The Hall–Kier alpha value is -3.00. The van der Waals surface area contributed by atoms with Crippen molar-refractivity contribution < 1.29 is 14.3 Å². The summed E-state index contributed by atoms with van der Waals surface area (Å²) in [6, 6.07) is 12.2. The molecule has 2 amide bonds. The molecule has 2 saturated heterocycles. The highest BCUT2D eigenvalue weighted by molar-refractivity contribution is 7.17. The van der Waals surface area contributed by atoms with Gasteiger partial charge in [-0.3, -0.25) is 9.59 Å². The van der Waals surface area contributed by atoms with Crippen molar-refractivity contribution in [3.05, 3.63) is 47.5 Å². The van der Waals surface area contributed by atoms with E-state index >= 15 is 0 Å². The quantitative estimate of drug-likeness (QED) is 0.555. The Morgan fingerprint density at radius 1 is 0.971 bits per heavy atom. The van der Waals surface area contributed by atoms with Crippen LogP contribution in [-0.4, -0.2) is 72.6 Å². The van der Waals surface area contributed by atoms with E-state index in [0.717, 1.165) is 72.9 Å². The molecule has 0 saturated carbocycles. The molecule has 8 heteroatoms. The molecular weight excluding hydrogens is 448 g/mol. The summed E-state index contributed by atoms with van der Waals surface area (Å²) < 4.78 is 8.51. The van der Waals surface area contributed by atoms with Crippen LogP contribution in [0.1, 0.15) is 30.3 Å². The maximum absolute atomic E-state index is 13.2. The van der Waals surface area contributed by atoms with Crippen LogP contribution in [0.3, 0.4) is 0 Å². The number of ether oxygens (including phenoxy) is 1. The number of piperidine rings is 1. The lowest BCUT2D eigenvalue weighted by atomic mass is 9.94. The number of thiophene rings is 1. The maximum Gasteiger partial charge on any atom is 0.270 e. The van der Waals surface area contributed by atoms with Crippen molar-refractivity contribution in [2.24, 2.45) is 5.92 Å². The second-order valence-electron chi connectivity index (χ2n) is 9.02. The fraction of sp³-hybridized carbons (Fsp3) is 0.462. The van der Waals surface area contributed by atoms with Gasteiger partial charge >= 0.3 is 0 Å². The number of aromatic nitrogens is 1. The van der Waals surface area contributed by atoms with Gasteiger partial charge in [0.05, 0.1) is 17.3 Å². The number of amides is 2. The first kappa shape index (κ1) is 22.8. The second kappa shape index (κ2) is 9.70. The van der Waals surface area contributed by atoms with Crippen molar-refractivity contribution in [3.63, 3.8) is 0 Å². The van der Waals surface area contributed by atoms with Crippen LogP contribution in [0, 0.1) is 5.92 Å². The number of aryl methyl sites for hydroxylation is 1. The summed E-state index contributed by atoms with van der Waals surface area (Å²) in [6.07, 6.45) is 1.48. The topological polar surface area (TPSA) is 58.0 Å². The molecular formula is C26H32N4O3S. The summed E-state index contributed by atoms with van der Waals surface area (Å²) in [6.45, 7) is 7.29. The highest BCUT2D eigenvalue weighted by Crippen LogP contribution is 2.28. The van der Waals surface area contributed by atoms with Crippen LogP contribution in [0.15, 0.2) is 41.8 Å². The number of fused-ring (bicyclic) bond motifs is 1. The first-order valence-electron chi connectivity index (χ1n) is 12.1. The summed E-state index contributed by atoms with van der Waals surface area (Å²) >= 11 is 1.67. The fourth-order valence-corrected chi connectivity index (χ4v) is 6.04. The Labute approximate surface area is 204 Å². The molecule has 2 fully saturated rings. The van der Waals surface area contributed by atoms with Crippen molar-refractivity contribution in [1.82, 2.24) is 14.4 Å². The molecule has 180 valence electrons. The number of hydrogen-bond donors (Lipinski definition) is 0. The van der Waals surface area contributed by atoms with Crippen LogP contribution in [0.2, 0.25) is 0 Å². The lowest BCUT2D eigenvalue weighted by Gasteiger charge is -2.39. The molecule has 2 aliphatic rings. The molecule has 0 aliphatic carbocycles. The lowest BCUT2D eigenvalue weighted by molar-refractivity contribution is -0.137. The van der Waals surface area contributed by atoms with Gasteiger partial charge < -0.3 is 24.0 Å². The summed E-state index contributed by atoms with van der Waals surface area (Å²) in [4.78, 5) is 32.7. The van der Waals surface area contributed by atoms with Gasteiger partial charge in [0.25, 0.3) is 5.91 Å². The number of rotatable bonds is 5. The number of hydrogen-bond acceptors (Lipinski definition) is 5. The van der Waals surface area contributed by atoms with Gasteiger partial charge in [-0.15, -0.1) is 11.3 Å². The van der Waals surface area contributed by atoms with Crippen LogP contribution in [-0.2, 0) is 11.3 Å². The molecule has 5 rings (SSSR count). The van der Waals surface area contributed by atoms with Gasteiger partial charge in [-0.25, -0.2) is 0 Å². The Kier molecular flexibility index (Phi) is 6.50.